The number of morpholine rings is 1. The average Bonchev–Trinajstić information content (AvgIpc) is 3.33. The standard InChI is InChI=1S/C17H26N2O2/c1-19-9-10-21-16(12-19)11-18-17(13-3-4-13)14-5-7-15(20-2)8-6-14/h5-8,13,16-18H,3-4,9-12H2,1-2H3. The maximum atomic E-state index is 5.85. The largest absolute Gasteiger partial charge is 0.497 e. The summed E-state index contributed by atoms with van der Waals surface area (Å²) in [5.74, 6) is 1.70. The first-order valence-electron chi connectivity index (χ1n) is 7.94. The lowest BCUT2D eigenvalue weighted by molar-refractivity contribution is -0.0196. The summed E-state index contributed by atoms with van der Waals surface area (Å²) in [5.41, 5.74) is 1.36. The van der Waals surface area contributed by atoms with Crippen molar-refractivity contribution in [3.05, 3.63) is 29.8 Å². The van der Waals surface area contributed by atoms with Crippen molar-refractivity contribution in [3.8, 4) is 5.75 Å². The Morgan fingerprint density at radius 1 is 1.33 bits per heavy atom. The van der Waals surface area contributed by atoms with Crippen LogP contribution >= 0.6 is 0 Å². The Kier molecular flexibility index (Phi) is 4.78. The van der Waals surface area contributed by atoms with E-state index in [0.717, 1.165) is 37.9 Å². The number of methoxy groups -OCH3 is 1. The molecule has 0 bridgehead atoms. The summed E-state index contributed by atoms with van der Waals surface area (Å²) in [7, 11) is 3.87. The first kappa shape index (κ1) is 14.8. The molecule has 1 aromatic rings. The van der Waals surface area contributed by atoms with Crippen LogP contribution in [0.25, 0.3) is 0 Å². The summed E-state index contributed by atoms with van der Waals surface area (Å²) in [6.07, 6.45) is 2.97. The van der Waals surface area contributed by atoms with E-state index in [2.05, 4.69) is 41.5 Å². The Balaban J connectivity index is 1.59. The van der Waals surface area contributed by atoms with Crippen LogP contribution in [-0.4, -0.2) is 51.4 Å². The van der Waals surface area contributed by atoms with Crippen molar-refractivity contribution in [2.75, 3.05) is 40.4 Å². The van der Waals surface area contributed by atoms with Crippen LogP contribution < -0.4 is 10.1 Å². The van der Waals surface area contributed by atoms with Gasteiger partial charge in [0.2, 0.25) is 0 Å². The quantitative estimate of drug-likeness (QED) is 0.869. The number of nitrogens with zero attached hydrogens (tertiary/aromatic N) is 1. The Morgan fingerprint density at radius 3 is 2.71 bits per heavy atom. The number of ether oxygens (including phenoxy) is 2. The summed E-state index contributed by atoms with van der Waals surface area (Å²) >= 11 is 0. The SMILES string of the molecule is COc1ccc(C(NCC2CN(C)CCO2)C2CC2)cc1. The second-order valence-corrected chi connectivity index (χ2v) is 6.25. The second kappa shape index (κ2) is 6.77. The first-order chi connectivity index (χ1) is 10.3. The highest BCUT2D eigenvalue weighted by atomic mass is 16.5. The zero-order valence-corrected chi connectivity index (χ0v) is 13.0. The number of nitrogens with one attached hydrogen (secondary N) is 1. The van der Waals surface area contributed by atoms with E-state index in [0.29, 0.717) is 12.1 Å². The summed E-state index contributed by atoms with van der Waals surface area (Å²) in [5, 5.41) is 3.73. The molecule has 1 aromatic carbocycles. The van der Waals surface area contributed by atoms with Crippen LogP contribution in [0.15, 0.2) is 24.3 Å². The third kappa shape index (κ3) is 3.96. The van der Waals surface area contributed by atoms with E-state index >= 15 is 0 Å². The molecule has 21 heavy (non-hydrogen) atoms. The van der Waals surface area contributed by atoms with Crippen molar-refractivity contribution in [1.29, 1.82) is 0 Å². The molecule has 2 aliphatic rings. The van der Waals surface area contributed by atoms with Crippen molar-refractivity contribution in [3.63, 3.8) is 0 Å². The topological polar surface area (TPSA) is 33.7 Å². The monoisotopic (exact) mass is 290 g/mol. The van der Waals surface area contributed by atoms with Gasteiger partial charge in [0.05, 0.1) is 19.8 Å². The lowest BCUT2D eigenvalue weighted by atomic mass is 10.0. The minimum Gasteiger partial charge on any atom is -0.497 e. The molecule has 0 radical (unpaired) electrons. The zero-order valence-electron chi connectivity index (χ0n) is 13.0. The van der Waals surface area contributed by atoms with Gasteiger partial charge in [-0.05, 0) is 43.5 Å². The molecule has 1 N–H and O–H groups in total. The lowest BCUT2D eigenvalue weighted by Gasteiger charge is -2.31. The minimum atomic E-state index is 0.309. The predicted molar refractivity (Wildman–Crippen MR) is 83.7 cm³/mol. The van der Waals surface area contributed by atoms with Gasteiger partial charge in [-0.2, -0.15) is 0 Å². The fourth-order valence-electron chi connectivity index (χ4n) is 3.05. The van der Waals surface area contributed by atoms with E-state index in [9.17, 15) is 0 Å². The molecule has 1 aliphatic carbocycles. The molecule has 1 saturated carbocycles. The van der Waals surface area contributed by atoms with Crippen molar-refractivity contribution >= 4 is 0 Å². The van der Waals surface area contributed by atoms with Crippen LogP contribution in [-0.2, 0) is 4.74 Å². The van der Waals surface area contributed by atoms with Crippen molar-refractivity contribution < 1.29 is 9.47 Å². The van der Waals surface area contributed by atoms with Gasteiger partial charge in [0.15, 0.2) is 0 Å². The number of hydrogen-bond donors (Lipinski definition) is 1. The molecular formula is C17H26N2O2. The van der Waals surface area contributed by atoms with Crippen molar-refractivity contribution in [1.82, 2.24) is 10.2 Å². The van der Waals surface area contributed by atoms with Gasteiger partial charge in [-0.15, -0.1) is 0 Å². The zero-order chi connectivity index (χ0) is 14.7. The van der Waals surface area contributed by atoms with E-state index in [1.54, 1.807) is 7.11 Å². The Hall–Kier alpha value is -1.10. The highest BCUT2D eigenvalue weighted by Crippen LogP contribution is 2.41. The van der Waals surface area contributed by atoms with Crippen LogP contribution in [0.2, 0.25) is 0 Å². The average molecular weight is 290 g/mol. The Bertz CT molecular complexity index is 445. The van der Waals surface area contributed by atoms with Gasteiger partial charge < -0.3 is 19.7 Å². The Morgan fingerprint density at radius 2 is 2.10 bits per heavy atom. The molecule has 4 heteroatoms. The molecule has 3 rings (SSSR count). The molecule has 0 aromatic heterocycles. The van der Waals surface area contributed by atoms with E-state index in [1.165, 1.54) is 18.4 Å². The van der Waals surface area contributed by atoms with Crippen LogP contribution in [0.5, 0.6) is 5.75 Å². The molecule has 2 atom stereocenters. The third-order valence-corrected chi connectivity index (χ3v) is 4.48. The van der Waals surface area contributed by atoms with Crippen molar-refractivity contribution in [2.24, 2.45) is 5.92 Å². The molecule has 1 aliphatic heterocycles. The Labute approximate surface area is 127 Å². The summed E-state index contributed by atoms with van der Waals surface area (Å²) in [4.78, 5) is 2.34. The normalized spacial score (nSPS) is 24.8. The van der Waals surface area contributed by atoms with Crippen LogP contribution in [0.1, 0.15) is 24.4 Å². The smallest absolute Gasteiger partial charge is 0.118 e. The van der Waals surface area contributed by atoms with Crippen LogP contribution in [0.4, 0.5) is 0 Å². The van der Waals surface area contributed by atoms with Crippen molar-refractivity contribution in [2.45, 2.75) is 25.0 Å². The summed E-state index contributed by atoms with van der Waals surface area (Å²) in [6.45, 7) is 3.84. The minimum absolute atomic E-state index is 0.309. The summed E-state index contributed by atoms with van der Waals surface area (Å²) in [6, 6.07) is 8.92. The van der Waals surface area contributed by atoms with E-state index in [4.69, 9.17) is 9.47 Å². The second-order valence-electron chi connectivity index (χ2n) is 6.25. The molecule has 2 fully saturated rings. The number of rotatable bonds is 6. The third-order valence-electron chi connectivity index (χ3n) is 4.48. The molecule has 1 saturated heterocycles. The number of hydrogen-bond acceptors (Lipinski definition) is 4. The fourth-order valence-corrected chi connectivity index (χ4v) is 3.05. The highest BCUT2D eigenvalue weighted by molar-refractivity contribution is 5.30. The van der Waals surface area contributed by atoms with Gasteiger partial charge in [0, 0.05) is 25.7 Å². The number of benzene rings is 1. The van der Waals surface area contributed by atoms with Crippen LogP contribution in [0, 0.1) is 5.92 Å². The highest BCUT2D eigenvalue weighted by Gasteiger charge is 2.32. The number of likely N-dealkylation sites (N-methyl/N-ethyl adjacent to an activating group) is 1. The maximum Gasteiger partial charge on any atom is 0.118 e. The van der Waals surface area contributed by atoms with E-state index in [-0.39, 0.29) is 0 Å². The van der Waals surface area contributed by atoms with Crippen LogP contribution in [0.3, 0.4) is 0 Å². The van der Waals surface area contributed by atoms with Gasteiger partial charge >= 0.3 is 0 Å². The van der Waals surface area contributed by atoms with Gasteiger partial charge in [-0.3, -0.25) is 0 Å². The summed E-state index contributed by atoms with van der Waals surface area (Å²) < 4.78 is 11.1. The fraction of sp³-hybridized carbons (Fsp3) is 0.647. The molecule has 4 nitrogen and oxygen atoms in total. The van der Waals surface area contributed by atoms with Gasteiger partial charge in [-0.1, -0.05) is 12.1 Å². The molecule has 2 unspecified atom stereocenters. The molecule has 116 valence electrons. The van der Waals surface area contributed by atoms with Gasteiger partial charge in [0.25, 0.3) is 0 Å². The van der Waals surface area contributed by atoms with Gasteiger partial charge in [-0.25, -0.2) is 0 Å². The van der Waals surface area contributed by atoms with E-state index in [1.807, 2.05) is 0 Å². The first-order valence-corrected chi connectivity index (χ1v) is 7.94. The lowest BCUT2D eigenvalue weighted by Crippen LogP contribution is -2.45. The molecule has 1 heterocycles. The van der Waals surface area contributed by atoms with E-state index < -0.39 is 0 Å². The molecular weight excluding hydrogens is 264 g/mol. The predicted octanol–water partition coefficient (Wildman–Crippen LogP) is 2.07. The maximum absolute atomic E-state index is 5.85. The molecule has 0 spiro atoms. The molecule has 0 amide bonds. The van der Waals surface area contributed by atoms with Gasteiger partial charge in [0.1, 0.15) is 5.75 Å².